The van der Waals surface area contributed by atoms with Gasteiger partial charge in [-0.15, -0.1) is 0 Å². The van der Waals surface area contributed by atoms with Crippen LogP contribution in [0.4, 0.5) is 5.82 Å². The summed E-state index contributed by atoms with van der Waals surface area (Å²) in [6.45, 7) is 2.74. The van der Waals surface area contributed by atoms with E-state index in [4.69, 9.17) is 0 Å². The minimum absolute atomic E-state index is 0.126. The number of aromatic nitrogens is 2. The monoisotopic (exact) mass is 280 g/mol. The number of thioether (sulfide) groups is 1. The van der Waals surface area contributed by atoms with Gasteiger partial charge in [0, 0.05) is 17.8 Å². The summed E-state index contributed by atoms with van der Waals surface area (Å²) in [5, 5.41) is 6.77. The first-order valence-electron chi connectivity index (χ1n) is 6.62. The summed E-state index contributed by atoms with van der Waals surface area (Å²) >= 11 is 1.88. The van der Waals surface area contributed by atoms with Crippen molar-refractivity contribution in [2.45, 2.75) is 37.5 Å². The molecule has 1 aliphatic rings. The second-order valence-electron chi connectivity index (χ2n) is 4.66. The molecule has 104 valence electrons. The Kier molecular flexibility index (Phi) is 5.01. The molecule has 6 heteroatoms. The molecule has 5 nitrogen and oxygen atoms in total. The molecule has 1 aromatic rings. The van der Waals surface area contributed by atoms with E-state index in [9.17, 15) is 4.79 Å². The van der Waals surface area contributed by atoms with Crippen LogP contribution in [-0.2, 0) is 0 Å². The molecule has 1 aromatic heterocycles. The molecule has 1 aliphatic carbocycles. The zero-order chi connectivity index (χ0) is 13.7. The molecular formula is C13H20N4OS. The number of amides is 1. The highest BCUT2D eigenvalue weighted by Gasteiger charge is 2.25. The average Bonchev–Trinajstić information content (AvgIpc) is 2.87. The third-order valence-electron chi connectivity index (χ3n) is 3.28. The number of rotatable bonds is 5. The van der Waals surface area contributed by atoms with Crippen LogP contribution in [0.5, 0.6) is 0 Å². The summed E-state index contributed by atoms with van der Waals surface area (Å²) in [4.78, 5) is 20.4. The van der Waals surface area contributed by atoms with Gasteiger partial charge in [0.1, 0.15) is 11.5 Å². The van der Waals surface area contributed by atoms with E-state index in [1.54, 1.807) is 6.20 Å². The summed E-state index contributed by atoms with van der Waals surface area (Å²) in [5.74, 6) is 0.516. The van der Waals surface area contributed by atoms with E-state index in [2.05, 4.69) is 26.9 Å². The van der Waals surface area contributed by atoms with Crippen LogP contribution in [0, 0.1) is 0 Å². The van der Waals surface area contributed by atoms with Gasteiger partial charge in [0.15, 0.2) is 0 Å². The number of nitrogens with zero attached hydrogens (tertiary/aromatic N) is 2. The van der Waals surface area contributed by atoms with Crippen molar-refractivity contribution < 1.29 is 4.79 Å². The van der Waals surface area contributed by atoms with Gasteiger partial charge in [-0.2, -0.15) is 11.8 Å². The van der Waals surface area contributed by atoms with E-state index in [1.165, 1.54) is 12.6 Å². The Balaban J connectivity index is 1.94. The molecule has 1 heterocycles. The van der Waals surface area contributed by atoms with Gasteiger partial charge in [0.25, 0.3) is 5.91 Å². The molecule has 1 fully saturated rings. The average molecular weight is 280 g/mol. The number of carbonyl (C=O) groups is 1. The quantitative estimate of drug-likeness (QED) is 0.862. The van der Waals surface area contributed by atoms with E-state index >= 15 is 0 Å². The minimum atomic E-state index is -0.126. The van der Waals surface area contributed by atoms with E-state index in [0.717, 1.165) is 19.4 Å². The Hall–Kier alpha value is -1.30. The van der Waals surface area contributed by atoms with Crippen LogP contribution in [0.15, 0.2) is 12.4 Å². The highest BCUT2D eigenvalue weighted by Crippen LogP contribution is 2.28. The van der Waals surface area contributed by atoms with Gasteiger partial charge >= 0.3 is 0 Å². The van der Waals surface area contributed by atoms with Crippen molar-refractivity contribution in [3.05, 3.63) is 18.1 Å². The predicted octanol–water partition coefficient (Wildman–Crippen LogP) is 1.92. The maximum Gasteiger partial charge on any atom is 0.271 e. The van der Waals surface area contributed by atoms with Gasteiger partial charge in [0.2, 0.25) is 0 Å². The number of carbonyl (C=O) groups excluding carboxylic acids is 1. The maximum atomic E-state index is 12.1. The Labute approximate surface area is 118 Å². The van der Waals surface area contributed by atoms with Crippen molar-refractivity contribution in [1.82, 2.24) is 15.3 Å². The minimum Gasteiger partial charge on any atom is -0.369 e. The summed E-state index contributed by atoms with van der Waals surface area (Å²) in [7, 11) is 0. The number of hydrogen-bond donors (Lipinski definition) is 2. The molecule has 19 heavy (non-hydrogen) atoms. The van der Waals surface area contributed by atoms with Crippen molar-refractivity contribution >= 4 is 23.5 Å². The van der Waals surface area contributed by atoms with Crippen LogP contribution in [0.1, 0.15) is 36.7 Å². The second kappa shape index (κ2) is 6.75. The lowest BCUT2D eigenvalue weighted by atomic mass is 10.2. The molecule has 1 amide bonds. The van der Waals surface area contributed by atoms with E-state index in [0.29, 0.717) is 16.8 Å². The van der Waals surface area contributed by atoms with Crippen molar-refractivity contribution in [3.63, 3.8) is 0 Å². The lowest BCUT2D eigenvalue weighted by molar-refractivity contribution is 0.0932. The van der Waals surface area contributed by atoms with Gasteiger partial charge in [-0.05, 0) is 32.4 Å². The normalized spacial score (nSPS) is 22.2. The van der Waals surface area contributed by atoms with Gasteiger partial charge in [0.05, 0.1) is 12.4 Å². The molecular weight excluding hydrogens is 260 g/mol. The number of anilines is 1. The SMILES string of the molecule is CCNc1cncc(C(=O)NC2CCC(SC)C2)n1. The molecule has 2 unspecified atom stereocenters. The smallest absolute Gasteiger partial charge is 0.271 e. The topological polar surface area (TPSA) is 66.9 Å². The van der Waals surface area contributed by atoms with Crippen LogP contribution in [0.3, 0.4) is 0 Å². The van der Waals surface area contributed by atoms with Crippen LogP contribution in [-0.4, -0.2) is 40.0 Å². The molecule has 2 atom stereocenters. The Morgan fingerprint density at radius 3 is 3.00 bits per heavy atom. The fraction of sp³-hybridized carbons (Fsp3) is 0.615. The third kappa shape index (κ3) is 3.83. The highest BCUT2D eigenvalue weighted by atomic mass is 32.2. The predicted molar refractivity (Wildman–Crippen MR) is 78.6 cm³/mol. The van der Waals surface area contributed by atoms with Gasteiger partial charge in [-0.25, -0.2) is 4.98 Å². The standard InChI is InChI=1S/C13H20N4OS/c1-3-15-12-8-14-7-11(17-12)13(18)16-9-4-5-10(6-9)19-2/h7-10H,3-6H2,1-2H3,(H,15,17)(H,16,18). The van der Waals surface area contributed by atoms with E-state index in [1.807, 2.05) is 18.7 Å². The molecule has 0 aliphatic heterocycles. The fourth-order valence-electron chi connectivity index (χ4n) is 2.29. The molecule has 0 spiro atoms. The Morgan fingerprint density at radius 1 is 1.47 bits per heavy atom. The van der Waals surface area contributed by atoms with E-state index in [-0.39, 0.29) is 11.9 Å². The first kappa shape index (κ1) is 14.1. The first-order valence-corrected chi connectivity index (χ1v) is 7.91. The summed E-state index contributed by atoms with van der Waals surface area (Å²) in [5.41, 5.74) is 0.381. The Morgan fingerprint density at radius 2 is 2.32 bits per heavy atom. The zero-order valence-corrected chi connectivity index (χ0v) is 12.2. The molecule has 0 radical (unpaired) electrons. The van der Waals surface area contributed by atoms with Crippen molar-refractivity contribution in [2.75, 3.05) is 18.1 Å². The van der Waals surface area contributed by atoms with Crippen LogP contribution in [0.25, 0.3) is 0 Å². The van der Waals surface area contributed by atoms with Crippen molar-refractivity contribution in [3.8, 4) is 0 Å². The van der Waals surface area contributed by atoms with Crippen molar-refractivity contribution in [2.24, 2.45) is 0 Å². The van der Waals surface area contributed by atoms with Gasteiger partial charge in [-0.1, -0.05) is 0 Å². The summed E-state index contributed by atoms with van der Waals surface area (Å²) in [6, 6.07) is 0.273. The summed E-state index contributed by atoms with van der Waals surface area (Å²) < 4.78 is 0. The first-order chi connectivity index (χ1) is 9.22. The van der Waals surface area contributed by atoms with Crippen LogP contribution in [0.2, 0.25) is 0 Å². The molecule has 1 saturated carbocycles. The summed E-state index contributed by atoms with van der Waals surface area (Å²) in [6.07, 6.45) is 8.54. The van der Waals surface area contributed by atoms with Crippen LogP contribution >= 0.6 is 11.8 Å². The lowest BCUT2D eigenvalue weighted by Crippen LogP contribution is -2.33. The molecule has 0 bridgehead atoms. The second-order valence-corrected chi connectivity index (χ2v) is 5.80. The zero-order valence-electron chi connectivity index (χ0n) is 11.3. The van der Waals surface area contributed by atoms with E-state index < -0.39 is 0 Å². The lowest BCUT2D eigenvalue weighted by Gasteiger charge is -2.12. The number of hydrogen-bond acceptors (Lipinski definition) is 5. The third-order valence-corrected chi connectivity index (χ3v) is 4.37. The van der Waals surface area contributed by atoms with Crippen LogP contribution < -0.4 is 10.6 Å². The largest absolute Gasteiger partial charge is 0.369 e. The number of nitrogens with one attached hydrogen (secondary N) is 2. The Bertz CT molecular complexity index is 440. The molecule has 2 rings (SSSR count). The molecule has 0 aromatic carbocycles. The molecule has 2 N–H and O–H groups in total. The maximum absolute atomic E-state index is 12.1. The molecule has 0 saturated heterocycles. The highest BCUT2D eigenvalue weighted by molar-refractivity contribution is 7.99. The fourth-order valence-corrected chi connectivity index (χ4v) is 3.08. The van der Waals surface area contributed by atoms with Gasteiger partial charge in [-0.3, -0.25) is 9.78 Å². The van der Waals surface area contributed by atoms with Gasteiger partial charge < -0.3 is 10.6 Å². The van der Waals surface area contributed by atoms with Crippen molar-refractivity contribution in [1.29, 1.82) is 0 Å².